The molecule has 1 aromatic rings. The Hall–Kier alpha value is -0.510. The first-order chi connectivity index (χ1) is 5.72. The van der Waals surface area contributed by atoms with E-state index in [1.807, 2.05) is 6.08 Å². The lowest BCUT2D eigenvalue weighted by atomic mass is 10.2. The van der Waals surface area contributed by atoms with Crippen LogP contribution in [0.5, 0.6) is 0 Å². The number of benzene rings is 1. The molecule has 1 N–H and O–H groups in total. The van der Waals surface area contributed by atoms with Gasteiger partial charge in [0.15, 0.2) is 0 Å². The van der Waals surface area contributed by atoms with Crippen LogP contribution in [0.25, 0.3) is 0 Å². The molecule has 1 aromatic carbocycles. The summed E-state index contributed by atoms with van der Waals surface area (Å²) in [7, 11) is 0. The topological polar surface area (TPSA) is 12.0 Å². The van der Waals surface area contributed by atoms with E-state index < -0.39 is 0 Å². The maximum absolute atomic E-state index is 3.71. The summed E-state index contributed by atoms with van der Waals surface area (Å²) in [5.74, 6) is 0. The molecule has 0 radical (unpaired) electrons. The van der Waals surface area contributed by atoms with Crippen LogP contribution < -0.4 is 5.32 Å². The van der Waals surface area contributed by atoms with E-state index in [9.17, 15) is 0 Å². The highest BCUT2D eigenvalue weighted by atomic mass is 127. The van der Waals surface area contributed by atoms with E-state index in [2.05, 4.69) is 65.7 Å². The molecule has 0 saturated carbocycles. The zero-order valence-corrected chi connectivity index (χ0v) is 9.21. The number of hydrogen-bond donors (Lipinski definition) is 1. The lowest BCUT2D eigenvalue weighted by Gasteiger charge is -2.10. The fourth-order valence-corrected chi connectivity index (χ4v) is 1.23. The van der Waals surface area contributed by atoms with E-state index >= 15 is 0 Å². The first-order valence-corrected chi connectivity index (χ1v) is 4.95. The standard InChI is InChI=1S/C10H12IN/c1-3-8(2)12-10-6-4-9(11)5-7-10/h3-8,12H,1H2,2H3. The van der Waals surface area contributed by atoms with Crippen molar-refractivity contribution in [2.75, 3.05) is 5.32 Å². The van der Waals surface area contributed by atoms with Crippen molar-refractivity contribution in [3.8, 4) is 0 Å². The lowest BCUT2D eigenvalue weighted by Crippen LogP contribution is -2.10. The zero-order valence-electron chi connectivity index (χ0n) is 7.05. The van der Waals surface area contributed by atoms with Crippen molar-refractivity contribution in [3.63, 3.8) is 0 Å². The highest BCUT2D eigenvalue weighted by Crippen LogP contribution is 2.11. The Morgan fingerprint density at radius 3 is 2.50 bits per heavy atom. The third kappa shape index (κ3) is 2.85. The molecule has 0 aliphatic heterocycles. The van der Waals surface area contributed by atoms with E-state index in [1.54, 1.807) is 0 Å². The molecule has 0 bridgehead atoms. The van der Waals surface area contributed by atoms with Crippen molar-refractivity contribution in [1.29, 1.82) is 0 Å². The molecular formula is C10H12IN. The van der Waals surface area contributed by atoms with Crippen LogP contribution in [0.2, 0.25) is 0 Å². The van der Waals surface area contributed by atoms with Crippen molar-refractivity contribution in [2.24, 2.45) is 0 Å². The molecule has 1 nitrogen and oxygen atoms in total. The summed E-state index contributed by atoms with van der Waals surface area (Å²) in [6.45, 7) is 5.78. The fourth-order valence-electron chi connectivity index (χ4n) is 0.868. The zero-order chi connectivity index (χ0) is 8.97. The Morgan fingerprint density at radius 2 is 2.00 bits per heavy atom. The van der Waals surface area contributed by atoms with Gasteiger partial charge < -0.3 is 5.32 Å². The van der Waals surface area contributed by atoms with Gasteiger partial charge in [0.05, 0.1) is 0 Å². The SMILES string of the molecule is C=CC(C)Nc1ccc(I)cc1. The van der Waals surface area contributed by atoms with Crippen molar-refractivity contribution in [3.05, 3.63) is 40.5 Å². The normalized spacial score (nSPS) is 12.2. The van der Waals surface area contributed by atoms with Crippen molar-refractivity contribution < 1.29 is 0 Å². The summed E-state index contributed by atoms with van der Waals surface area (Å²) in [6, 6.07) is 8.63. The van der Waals surface area contributed by atoms with Crippen LogP contribution >= 0.6 is 22.6 Å². The molecule has 0 spiro atoms. The Kier molecular flexibility index (Phi) is 3.59. The van der Waals surface area contributed by atoms with E-state index in [0.29, 0.717) is 6.04 Å². The molecule has 0 aromatic heterocycles. The first kappa shape index (κ1) is 9.58. The average Bonchev–Trinajstić information content (AvgIpc) is 2.09. The van der Waals surface area contributed by atoms with E-state index in [1.165, 1.54) is 3.57 Å². The van der Waals surface area contributed by atoms with Gasteiger partial charge in [0.2, 0.25) is 0 Å². The molecule has 1 atom stereocenters. The van der Waals surface area contributed by atoms with Gasteiger partial charge in [-0.1, -0.05) is 6.08 Å². The van der Waals surface area contributed by atoms with Crippen molar-refractivity contribution >= 4 is 28.3 Å². The number of rotatable bonds is 3. The van der Waals surface area contributed by atoms with Gasteiger partial charge in [-0.2, -0.15) is 0 Å². The molecule has 0 aliphatic rings. The largest absolute Gasteiger partial charge is 0.379 e. The van der Waals surface area contributed by atoms with E-state index in [4.69, 9.17) is 0 Å². The summed E-state index contributed by atoms with van der Waals surface area (Å²) < 4.78 is 1.25. The van der Waals surface area contributed by atoms with Gasteiger partial charge in [-0.25, -0.2) is 0 Å². The molecule has 64 valence electrons. The predicted octanol–water partition coefficient (Wildman–Crippen LogP) is 3.28. The molecule has 1 rings (SSSR count). The van der Waals surface area contributed by atoms with Gasteiger partial charge in [-0.3, -0.25) is 0 Å². The third-order valence-corrected chi connectivity index (χ3v) is 2.31. The molecule has 2 heteroatoms. The first-order valence-electron chi connectivity index (χ1n) is 3.87. The maximum atomic E-state index is 3.71. The minimum Gasteiger partial charge on any atom is -0.379 e. The summed E-state index contributed by atoms with van der Waals surface area (Å²) in [5, 5.41) is 3.30. The molecule has 12 heavy (non-hydrogen) atoms. The monoisotopic (exact) mass is 273 g/mol. The number of hydrogen-bond acceptors (Lipinski definition) is 1. The van der Waals surface area contributed by atoms with E-state index in [-0.39, 0.29) is 0 Å². The van der Waals surface area contributed by atoms with Gasteiger partial charge in [0.25, 0.3) is 0 Å². The van der Waals surface area contributed by atoms with Gasteiger partial charge in [-0.05, 0) is 53.8 Å². The average molecular weight is 273 g/mol. The van der Waals surface area contributed by atoms with Crippen LogP contribution in [-0.4, -0.2) is 6.04 Å². The second kappa shape index (κ2) is 4.50. The lowest BCUT2D eigenvalue weighted by molar-refractivity contribution is 1.00. The van der Waals surface area contributed by atoms with Crippen LogP contribution in [0.15, 0.2) is 36.9 Å². The Bertz CT molecular complexity index is 253. The smallest absolute Gasteiger partial charge is 0.0413 e. The molecular weight excluding hydrogens is 261 g/mol. The highest BCUT2D eigenvalue weighted by molar-refractivity contribution is 14.1. The van der Waals surface area contributed by atoms with Gasteiger partial charge >= 0.3 is 0 Å². The van der Waals surface area contributed by atoms with E-state index in [0.717, 1.165) is 5.69 Å². The molecule has 0 heterocycles. The van der Waals surface area contributed by atoms with Crippen LogP contribution in [0.4, 0.5) is 5.69 Å². The summed E-state index contributed by atoms with van der Waals surface area (Å²) in [5.41, 5.74) is 1.14. The number of anilines is 1. The predicted molar refractivity (Wildman–Crippen MR) is 62.4 cm³/mol. The Morgan fingerprint density at radius 1 is 1.42 bits per heavy atom. The summed E-state index contributed by atoms with van der Waals surface area (Å²) in [4.78, 5) is 0. The maximum Gasteiger partial charge on any atom is 0.0413 e. The molecule has 0 saturated heterocycles. The fraction of sp³-hybridized carbons (Fsp3) is 0.200. The highest BCUT2D eigenvalue weighted by Gasteiger charge is 1.94. The molecule has 1 unspecified atom stereocenters. The van der Waals surface area contributed by atoms with Crippen LogP contribution in [0.1, 0.15) is 6.92 Å². The third-order valence-electron chi connectivity index (χ3n) is 1.59. The van der Waals surface area contributed by atoms with Crippen LogP contribution in [0, 0.1) is 3.57 Å². The number of halogens is 1. The Labute approximate surface area is 87.0 Å². The van der Waals surface area contributed by atoms with Gasteiger partial charge in [0, 0.05) is 15.3 Å². The molecule has 0 fully saturated rings. The van der Waals surface area contributed by atoms with Crippen molar-refractivity contribution in [2.45, 2.75) is 13.0 Å². The van der Waals surface area contributed by atoms with Crippen LogP contribution in [0.3, 0.4) is 0 Å². The summed E-state index contributed by atoms with van der Waals surface area (Å²) >= 11 is 2.29. The summed E-state index contributed by atoms with van der Waals surface area (Å²) in [6.07, 6.45) is 1.89. The molecule has 0 amide bonds. The Balaban J connectivity index is 2.64. The quantitative estimate of drug-likeness (QED) is 0.658. The second-order valence-electron chi connectivity index (χ2n) is 2.68. The van der Waals surface area contributed by atoms with Gasteiger partial charge in [-0.15, -0.1) is 6.58 Å². The van der Waals surface area contributed by atoms with Gasteiger partial charge in [0.1, 0.15) is 0 Å². The van der Waals surface area contributed by atoms with Crippen LogP contribution in [-0.2, 0) is 0 Å². The second-order valence-corrected chi connectivity index (χ2v) is 3.92. The minimum atomic E-state index is 0.324. The van der Waals surface area contributed by atoms with Crippen molar-refractivity contribution in [1.82, 2.24) is 0 Å². The minimum absolute atomic E-state index is 0.324. The number of nitrogens with one attached hydrogen (secondary N) is 1. The molecule has 0 aliphatic carbocycles.